The van der Waals surface area contributed by atoms with Crippen molar-refractivity contribution in [2.75, 3.05) is 23.4 Å². The van der Waals surface area contributed by atoms with E-state index in [2.05, 4.69) is 12.2 Å². The quantitative estimate of drug-likeness (QED) is 0.588. The summed E-state index contributed by atoms with van der Waals surface area (Å²) in [5.74, 6) is 0.209. The lowest BCUT2D eigenvalue weighted by Gasteiger charge is -2.14. The van der Waals surface area contributed by atoms with Crippen LogP contribution in [0.5, 0.6) is 0 Å². The van der Waals surface area contributed by atoms with Gasteiger partial charge in [-0.2, -0.15) is 11.8 Å². The molecule has 0 fully saturated rings. The molecule has 1 heterocycles. The molecule has 3 rings (SSSR count). The first-order chi connectivity index (χ1) is 13.0. The summed E-state index contributed by atoms with van der Waals surface area (Å²) >= 11 is 1.41. The molecule has 5 nitrogen and oxygen atoms in total. The summed E-state index contributed by atoms with van der Waals surface area (Å²) in [7, 11) is 0. The highest BCUT2D eigenvalue weighted by Crippen LogP contribution is 2.23. The Morgan fingerprint density at radius 2 is 1.70 bits per heavy atom. The molecular formula is C21H22N2O3S. The Bertz CT molecular complexity index is 860. The van der Waals surface area contributed by atoms with Gasteiger partial charge in [-0.1, -0.05) is 37.3 Å². The smallest absolute Gasteiger partial charge is 0.261 e. The average Bonchev–Trinajstić information content (AvgIpc) is 2.91. The van der Waals surface area contributed by atoms with Crippen LogP contribution in [-0.2, 0) is 11.2 Å². The van der Waals surface area contributed by atoms with Gasteiger partial charge in [0.15, 0.2) is 0 Å². The van der Waals surface area contributed by atoms with Gasteiger partial charge in [0.25, 0.3) is 11.8 Å². The fourth-order valence-electron chi connectivity index (χ4n) is 3.14. The normalized spacial score (nSPS) is 13.0. The zero-order valence-corrected chi connectivity index (χ0v) is 16.3. The van der Waals surface area contributed by atoms with Crippen LogP contribution >= 0.6 is 11.8 Å². The predicted octanol–water partition coefficient (Wildman–Crippen LogP) is 3.53. The number of carbonyl (C=O) groups excluding carboxylic acids is 3. The monoisotopic (exact) mass is 382 g/mol. The molecule has 1 aliphatic rings. The van der Waals surface area contributed by atoms with E-state index in [1.165, 1.54) is 16.7 Å². The molecule has 0 bridgehead atoms. The molecule has 0 aromatic heterocycles. The second-order valence-electron chi connectivity index (χ2n) is 6.37. The summed E-state index contributed by atoms with van der Waals surface area (Å²) in [6, 6.07) is 12.8. The van der Waals surface area contributed by atoms with Crippen LogP contribution < -0.4 is 5.32 Å². The third-order valence-corrected chi connectivity index (χ3v) is 5.51. The van der Waals surface area contributed by atoms with Crippen LogP contribution in [0.15, 0.2) is 42.5 Å². The number of fused-ring (bicyclic) bond motifs is 1. The number of amides is 3. The minimum Gasteiger partial charge on any atom is -0.325 e. The summed E-state index contributed by atoms with van der Waals surface area (Å²) in [5.41, 5.74) is 3.94. The van der Waals surface area contributed by atoms with Crippen molar-refractivity contribution in [3.8, 4) is 0 Å². The Morgan fingerprint density at radius 3 is 2.33 bits per heavy atom. The number of anilines is 1. The first-order valence-corrected chi connectivity index (χ1v) is 10.1. The van der Waals surface area contributed by atoms with Crippen molar-refractivity contribution >= 4 is 35.2 Å². The fourth-order valence-corrected chi connectivity index (χ4v) is 3.85. The van der Waals surface area contributed by atoms with E-state index >= 15 is 0 Å². The lowest BCUT2D eigenvalue weighted by atomic mass is 10.1. The van der Waals surface area contributed by atoms with E-state index in [0.29, 0.717) is 23.4 Å². The van der Waals surface area contributed by atoms with Crippen LogP contribution in [0.2, 0.25) is 0 Å². The Kier molecular flexibility index (Phi) is 5.96. The van der Waals surface area contributed by atoms with Crippen molar-refractivity contribution in [3.05, 3.63) is 64.7 Å². The largest absolute Gasteiger partial charge is 0.325 e. The molecule has 0 unspecified atom stereocenters. The third-order valence-electron chi connectivity index (χ3n) is 4.57. The molecule has 2 aromatic rings. The fraction of sp³-hybridized carbons (Fsp3) is 0.286. The number of hydrogen-bond donors (Lipinski definition) is 1. The van der Waals surface area contributed by atoms with Crippen molar-refractivity contribution < 1.29 is 14.4 Å². The highest BCUT2D eigenvalue weighted by molar-refractivity contribution is 7.99. The number of aryl methyl sites for hydroxylation is 2. The van der Waals surface area contributed by atoms with Crippen LogP contribution in [0.3, 0.4) is 0 Å². The van der Waals surface area contributed by atoms with Gasteiger partial charge in [0.1, 0.15) is 0 Å². The molecule has 0 saturated heterocycles. The third kappa shape index (κ3) is 4.06. The van der Waals surface area contributed by atoms with E-state index in [9.17, 15) is 14.4 Å². The van der Waals surface area contributed by atoms with E-state index in [4.69, 9.17) is 0 Å². The van der Waals surface area contributed by atoms with E-state index < -0.39 is 0 Å². The van der Waals surface area contributed by atoms with Gasteiger partial charge in [-0.15, -0.1) is 0 Å². The van der Waals surface area contributed by atoms with E-state index in [0.717, 1.165) is 23.2 Å². The molecule has 0 aliphatic carbocycles. The number of carbonyl (C=O) groups is 3. The first kappa shape index (κ1) is 19.2. The summed E-state index contributed by atoms with van der Waals surface area (Å²) in [4.78, 5) is 38.1. The molecule has 27 heavy (non-hydrogen) atoms. The van der Waals surface area contributed by atoms with Crippen molar-refractivity contribution in [1.82, 2.24) is 4.90 Å². The van der Waals surface area contributed by atoms with Gasteiger partial charge in [0, 0.05) is 18.0 Å². The first-order valence-electron chi connectivity index (χ1n) is 8.94. The van der Waals surface area contributed by atoms with Crippen molar-refractivity contribution in [2.45, 2.75) is 20.3 Å². The summed E-state index contributed by atoms with van der Waals surface area (Å²) < 4.78 is 0. The standard InChI is InChI=1S/C21H22N2O3S/c1-3-15-8-6-7-14(2)19(15)22-18(24)13-27-12-11-23-20(25)16-9-4-5-10-17(16)21(23)26/h4-10H,3,11-13H2,1-2H3,(H,22,24). The van der Waals surface area contributed by atoms with Crippen LogP contribution in [0, 0.1) is 6.92 Å². The van der Waals surface area contributed by atoms with Crippen LogP contribution in [-0.4, -0.2) is 40.7 Å². The van der Waals surface area contributed by atoms with Crippen LogP contribution in [0.25, 0.3) is 0 Å². The average molecular weight is 382 g/mol. The molecule has 0 saturated carbocycles. The topological polar surface area (TPSA) is 66.5 Å². The second kappa shape index (κ2) is 8.39. The summed E-state index contributed by atoms with van der Waals surface area (Å²) in [5, 5.41) is 2.98. The lowest BCUT2D eigenvalue weighted by molar-refractivity contribution is -0.113. The molecule has 3 amide bonds. The molecular weight excluding hydrogens is 360 g/mol. The molecule has 0 spiro atoms. The van der Waals surface area contributed by atoms with Gasteiger partial charge in [-0.3, -0.25) is 19.3 Å². The second-order valence-corrected chi connectivity index (χ2v) is 7.48. The van der Waals surface area contributed by atoms with Crippen molar-refractivity contribution in [3.63, 3.8) is 0 Å². The highest BCUT2D eigenvalue weighted by Gasteiger charge is 2.34. The van der Waals surface area contributed by atoms with Gasteiger partial charge in [-0.05, 0) is 36.6 Å². The number of imide groups is 1. The molecule has 1 N–H and O–H groups in total. The van der Waals surface area contributed by atoms with Crippen LogP contribution in [0.4, 0.5) is 5.69 Å². The lowest BCUT2D eigenvalue weighted by Crippen LogP contribution is -2.32. The zero-order chi connectivity index (χ0) is 19.4. The zero-order valence-electron chi connectivity index (χ0n) is 15.5. The Morgan fingerprint density at radius 1 is 1.04 bits per heavy atom. The molecule has 140 valence electrons. The summed E-state index contributed by atoms with van der Waals surface area (Å²) in [6.45, 7) is 4.33. The maximum Gasteiger partial charge on any atom is 0.261 e. The van der Waals surface area contributed by atoms with Gasteiger partial charge in [0.2, 0.25) is 5.91 Å². The Hall–Kier alpha value is -2.60. The van der Waals surface area contributed by atoms with E-state index in [-0.39, 0.29) is 23.5 Å². The SMILES string of the molecule is CCc1cccc(C)c1NC(=O)CSCCN1C(=O)c2ccccc2C1=O. The highest BCUT2D eigenvalue weighted by atomic mass is 32.2. The molecule has 6 heteroatoms. The number of rotatable bonds is 7. The number of nitrogens with zero attached hydrogens (tertiary/aromatic N) is 1. The Balaban J connectivity index is 1.49. The minimum absolute atomic E-state index is 0.0774. The maximum atomic E-state index is 12.3. The van der Waals surface area contributed by atoms with Crippen LogP contribution in [0.1, 0.15) is 38.8 Å². The Labute approximate surface area is 163 Å². The maximum absolute atomic E-state index is 12.3. The number of thioether (sulfide) groups is 1. The number of nitrogens with one attached hydrogen (secondary N) is 1. The summed E-state index contributed by atoms with van der Waals surface area (Å²) in [6.07, 6.45) is 0.851. The molecule has 2 aromatic carbocycles. The number of para-hydroxylation sites is 1. The van der Waals surface area contributed by atoms with Gasteiger partial charge < -0.3 is 5.32 Å². The molecule has 1 aliphatic heterocycles. The number of hydrogen-bond acceptors (Lipinski definition) is 4. The van der Waals surface area contributed by atoms with Gasteiger partial charge >= 0.3 is 0 Å². The minimum atomic E-state index is -0.256. The molecule has 0 atom stereocenters. The van der Waals surface area contributed by atoms with E-state index in [1.54, 1.807) is 24.3 Å². The van der Waals surface area contributed by atoms with Crippen molar-refractivity contribution in [1.29, 1.82) is 0 Å². The van der Waals surface area contributed by atoms with E-state index in [1.807, 2.05) is 25.1 Å². The van der Waals surface area contributed by atoms with Crippen molar-refractivity contribution in [2.24, 2.45) is 0 Å². The van der Waals surface area contributed by atoms with Gasteiger partial charge in [0.05, 0.1) is 16.9 Å². The predicted molar refractivity (Wildman–Crippen MR) is 108 cm³/mol. The van der Waals surface area contributed by atoms with Gasteiger partial charge in [-0.25, -0.2) is 0 Å². The number of benzene rings is 2. The molecule has 0 radical (unpaired) electrons.